The fraction of sp³-hybridized carbons (Fsp3) is 0.421. The minimum Gasteiger partial charge on any atom is -0.340 e. The number of rotatable bonds is 5. The fourth-order valence-electron chi connectivity index (χ4n) is 3.43. The van der Waals surface area contributed by atoms with Crippen molar-refractivity contribution < 1.29 is 9.32 Å². The minimum atomic E-state index is -0.208. The van der Waals surface area contributed by atoms with Crippen LogP contribution in [0.15, 0.2) is 28.8 Å². The summed E-state index contributed by atoms with van der Waals surface area (Å²) in [6.07, 6.45) is 2.91. The summed E-state index contributed by atoms with van der Waals surface area (Å²) < 4.78 is 5.06. The molecule has 3 aromatic rings. The van der Waals surface area contributed by atoms with Crippen LogP contribution in [-0.2, 0) is 11.3 Å². The lowest BCUT2D eigenvalue weighted by molar-refractivity contribution is -0.122. The molecule has 8 nitrogen and oxygen atoms in total. The Balaban J connectivity index is 1.47. The van der Waals surface area contributed by atoms with Crippen molar-refractivity contribution in [3.8, 4) is 10.6 Å². The second-order valence-electron chi connectivity index (χ2n) is 6.91. The smallest absolute Gasteiger partial charge is 0.241 e. The van der Waals surface area contributed by atoms with Gasteiger partial charge in [0.1, 0.15) is 10.0 Å². The molecule has 1 saturated heterocycles. The van der Waals surface area contributed by atoms with Crippen LogP contribution in [0, 0.1) is 13.8 Å². The Labute approximate surface area is 167 Å². The van der Waals surface area contributed by atoms with Gasteiger partial charge in [-0.1, -0.05) is 35.0 Å². The van der Waals surface area contributed by atoms with Crippen LogP contribution >= 0.6 is 11.3 Å². The molecule has 4 rings (SSSR count). The van der Waals surface area contributed by atoms with Crippen molar-refractivity contribution in [1.82, 2.24) is 25.2 Å². The Morgan fingerprint density at radius 1 is 1.32 bits per heavy atom. The number of hydrogen-bond acceptors (Lipinski definition) is 8. The molecule has 1 amide bonds. The topological polar surface area (TPSA) is 97.0 Å². The van der Waals surface area contributed by atoms with E-state index in [2.05, 4.69) is 30.6 Å². The number of nitrogens with one attached hydrogen (secondary N) is 1. The highest BCUT2D eigenvalue weighted by Gasteiger charge is 2.29. The van der Waals surface area contributed by atoms with E-state index in [4.69, 9.17) is 4.52 Å². The van der Waals surface area contributed by atoms with Gasteiger partial charge in [-0.25, -0.2) is 0 Å². The molecule has 1 N–H and O–H groups in total. The van der Waals surface area contributed by atoms with Crippen molar-refractivity contribution in [3.63, 3.8) is 0 Å². The number of nitrogens with zero attached hydrogens (tertiary/aromatic N) is 5. The van der Waals surface area contributed by atoms with Gasteiger partial charge in [-0.05, 0) is 38.4 Å². The maximum Gasteiger partial charge on any atom is 0.241 e. The summed E-state index contributed by atoms with van der Waals surface area (Å²) in [5.74, 6) is 1.15. The van der Waals surface area contributed by atoms with Gasteiger partial charge in [0, 0.05) is 18.2 Å². The summed E-state index contributed by atoms with van der Waals surface area (Å²) in [6, 6.07) is 7.52. The third-order valence-electron chi connectivity index (χ3n) is 4.73. The first-order valence-corrected chi connectivity index (χ1v) is 10.1. The summed E-state index contributed by atoms with van der Waals surface area (Å²) in [5.41, 5.74) is 1.71. The first kappa shape index (κ1) is 18.7. The van der Waals surface area contributed by atoms with Crippen molar-refractivity contribution in [3.05, 3.63) is 41.0 Å². The molecular weight excluding hydrogens is 376 g/mol. The third-order valence-corrected chi connectivity index (χ3v) is 5.62. The Morgan fingerprint density at radius 3 is 2.96 bits per heavy atom. The molecule has 28 heavy (non-hydrogen) atoms. The molecule has 0 aliphatic carbocycles. The van der Waals surface area contributed by atoms with Crippen molar-refractivity contribution in [2.45, 2.75) is 45.7 Å². The van der Waals surface area contributed by atoms with Crippen LogP contribution in [0.2, 0.25) is 0 Å². The van der Waals surface area contributed by atoms with Crippen molar-refractivity contribution >= 4 is 22.9 Å². The number of hydrogen-bond donors (Lipinski definition) is 1. The van der Waals surface area contributed by atoms with Gasteiger partial charge in [-0.15, -0.1) is 10.2 Å². The number of benzene rings is 1. The average molecular weight is 398 g/mol. The van der Waals surface area contributed by atoms with E-state index in [9.17, 15) is 4.79 Å². The van der Waals surface area contributed by atoms with Crippen LogP contribution in [0.25, 0.3) is 10.6 Å². The average Bonchev–Trinajstić information content (AvgIpc) is 3.30. The van der Waals surface area contributed by atoms with Crippen LogP contribution in [0.1, 0.15) is 36.0 Å². The summed E-state index contributed by atoms with van der Waals surface area (Å²) >= 11 is 1.53. The highest BCUT2D eigenvalue weighted by Crippen LogP contribution is 2.26. The van der Waals surface area contributed by atoms with Gasteiger partial charge in [0.2, 0.25) is 11.8 Å². The molecule has 0 unspecified atom stereocenters. The van der Waals surface area contributed by atoms with Crippen LogP contribution in [0.4, 0.5) is 5.69 Å². The lowest BCUT2D eigenvalue weighted by Gasteiger charge is -2.33. The second kappa shape index (κ2) is 8.15. The SMILES string of the molecule is Cc1nc(CN2CCCC[C@@H]2C(=O)Nc2cccc(-c3nnc(C)s3)c2)no1. The highest BCUT2D eigenvalue weighted by atomic mass is 32.1. The zero-order valence-electron chi connectivity index (χ0n) is 15.9. The summed E-state index contributed by atoms with van der Waals surface area (Å²) in [6.45, 7) is 5.05. The number of carbonyl (C=O) groups excluding carboxylic acids is 1. The third kappa shape index (κ3) is 4.26. The van der Waals surface area contributed by atoms with Crippen LogP contribution in [0.5, 0.6) is 0 Å². The Kier molecular flexibility index (Phi) is 5.45. The molecular formula is C19H22N6O2S. The van der Waals surface area contributed by atoms with Gasteiger partial charge in [0.25, 0.3) is 0 Å². The van der Waals surface area contributed by atoms with Gasteiger partial charge >= 0.3 is 0 Å². The van der Waals surface area contributed by atoms with Crippen LogP contribution in [0.3, 0.4) is 0 Å². The summed E-state index contributed by atoms with van der Waals surface area (Å²) in [5, 5.41) is 17.0. The van der Waals surface area contributed by atoms with E-state index in [-0.39, 0.29) is 11.9 Å². The molecule has 1 aliphatic rings. The lowest BCUT2D eigenvalue weighted by Crippen LogP contribution is -2.46. The molecule has 0 radical (unpaired) electrons. The molecule has 0 saturated carbocycles. The highest BCUT2D eigenvalue weighted by molar-refractivity contribution is 7.14. The fourth-order valence-corrected chi connectivity index (χ4v) is 4.12. The maximum absolute atomic E-state index is 13.0. The standard InChI is InChI=1S/C19H22N6O2S/c1-12-20-17(24-27-12)11-25-9-4-3-8-16(25)18(26)21-15-7-5-6-14(10-15)19-23-22-13(2)28-19/h5-7,10,16H,3-4,8-9,11H2,1-2H3,(H,21,26)/t16-/m1/s1. The second-order valence-corrected chi connectivity index (χ2v) is 8.09. The molecule has 0 spiro atoms. The lowest BCUT2D eigenvalue weighted by atomic mass is 10.0. The number of aromatic nitrogens is 4. The number of piperidine rings is 1. The van der Waals surface area contributed by atoms with Crippen LogP contribution in [-0.4, -0.2) is 43.7 Å². The number of likely N-dealkylation sites (tertiary alicyclic amines) is 1. The van der Waals surface area contributed by atoms with Crippen molar-refractivity contribution in [1.29, 1.82) is 0 Å². The van der Waals surface area contributed by atoms with Gasteiger partial charge in [0.15, 0.2) is 5.82 Å². The van der Waals surface area contributed by atoms with E-state index in [1.807, 2.05) is 31.2 Å². The van der Waals surface area contributed by atoms with Gasteiger partial charge in [-0.2, -0.15) is 4.98 Å². The first-order valence-electron chi connectivity index (χ1n) is 9.33. The summed E-state index contributed by atoms with van der Waals surface area (Å²) in [7, 11) is 0. The van der Waals surface area contributed by atoms with Crippen LogP contribution < -0.4 is 5.32 Å². The number of carbonyl (C=O) groups is 1. The van der Waals surface area contributed by atoms with Gasteiger partial charge < -0.3 is 9.84 Å². The molecule has 9 heteroatoms. The number of anilines is 1. The van der Waals surface area contributed by atoms with E-state index in [1.165, 1.54) is 11.3 Å². The van der Waals surface area contributed by atoms with E-state index in [1.54, 1.807) is 6.92 Å². The van der Waals surface area contributed by atoms with Gasteiger partial charge in [-0.3, -0.25) is 9.69 Å². The Bertz CT molecular complexity index is 969. The number of aryl methyl sites for hydroxylation is 2. The minimum absolute atomic E-state index is 0.00879. The van der Waals surface area contributed by atoms with E-state index >= 15 is 0 Å². The molecule has 1 aliphatic heterocycles. The largest absolute Gasteiger partial charge is 0.340 e. The molecule has 1 aromatic carbocycles. The monoisotopic (exact) mass is 398 g/mol. The molecule has 146 valence electrons. The zero-order chi connectivity index (χ0) is 19.5. The van der Waals surface area contributed by atoms with Crippen molar-refractivity contribution in [2.75, 3.05) is 11.9 Å². The van der Waals surface area contributed by atoms with E-state index in [0.717, 1.165) is 47.1 Å². The maximum atomic E-state index is 13.0. The molecule has 1 atom stereocenters. The van der Waals surface area contributed by atoms with Crippen molar-refractivity contribution in [2.24, 2.45) is 0 Å². The summed E-state index contributed by atoms with van der Waals surface area (Å²) in [4.78, 5) is 19.4. The normalized spacial score (nSPS) is 17.6. The molecule has 2 aromatic heterocycles. The van der Waals surface area contributed by atoms with E-state index < -0.39 is 0 Å². The predicted octanol–water partition coefficient (Wildman–Crippen LogP) is 3.20. The Morgan fingerprint density at radius 2 is 2.21 bits per heavy atom. The quantitative estimate of drug-likeness (QED) is 0.705. The predicted molar refractivity (Wildman–Crippen MR) is 106 cm³/mol. The number of amides is 1. The van der Waals surface area contributed by atoms with Gasteiger partial charge in [0.05, 0.1) is 12.6 Å². The molecule has 3 heterocycles. The zero-order valence-corrected chi connectivity index (χ0v) is 16.7. The molecule has 1 fully saturated rings. The first-order chi connectivity index (χ1) is 13.6. The molecule has 0 bridgehead atoms. The Hall–Kier alpha value is -2.65. The van der Waals surface area contributed by atoms with E-state index in [0.29, 0.717) is 18.3 Å².